The number of thioether (sulfide) groups is 1. The van der Waals surface area contributed by atoms with Crippen LogP contribution in [0.2, 0.25) is 0 Å². The fourth-order valence-electron chi connectivity index (χ4n) is 2.64. The Morgan fingerprint density at radius 2 is 1.68 bits per heavy atom. The van der Waals surface area contributed by atoms with Crippen LogP contribution in [0.1, 0.15) is 24.1 Å². The number of thiocarbonyl (C=S) groups is 1. The zero-order valence-electron chi connectivity index (χ0n) is 12.7. The maximum Gasteiger partial charge on any atom is 0.138 e. The van der Waals surface area contributed by atoms with Gasteiger partial charge in [-0.1, -0.05) is 84.6 Å². The van der Waals surface area contributed by atoms with E-state index < -0.39 is 0 Å². The third-order valence-corrected chi connectivity index (χ3v) is 5.59. The van der Waals surface area contributed by atoms with E-state index in [9.17, 15) is 0 Å². The Kier molecular flexibility index (Phi) is 5.13. The van der Waals surface area contributed by atoms with Crippen LogP contribution in [0.4, 0.5) is 0 Å². The second kappa shape index (κ2) is 7.27. The second-order valence-corrected chi connectivity index (χ2v) is 7.12. The normalized spacial score (nSPS) is 17.5. The van der Waals surface area contributed by atoms with E-state index in [1.165, 1.54) is 11.1 Å². The summed E-state index contributed by atoms with van der Waals surface area (Å²) in [7, 11) is 0. The molecule has 2 nitrogen and oxygen atoms in total. The zero-order valence-corrected chi connectivity index (χ0v) is 14.3. The summed E-state index contributed by atoms with van der Waals surface area (Å²) in [6.07, 6.45) is 0. The standard InChI is InChI=1S/C18H20N2S2/c1-15(17-10-6-3-7-11-17)20-13-19(18(21)22-14-20)12-16-8-4-2-5-9-16/h2-11,15H,12-14H2,1H3. The molecule has 2 aromatic carbocycles. The molecule has 1 aliphatic rings. The van der Waals surface area contributed by atoms with Crippen LogP contribution in [-0.2, 0) is 6.54 Å². The average molecular weight is 329 g/mol. The molecule has 1 heterocycles. The van der Waals surface area contributed by atoms with E-state index in [0.29, 0.717) is 6.04 Å². The highest BCUT2D eigenvalue weighted by atomic mass is 32.2. The van der Waals surface area contributed by atoms with Crippen molar-refractivity contribution >= 4 is 28.3 Å². The first kappa shape index (κ1) is 15.5. The van der Waals surface area contributed by atoms with Crippen LogP contribution in [-0.4, -0.2) is 26.7 Å². The zero-order chi connectivity index (χ0) is 15.4. The van der Waals surface area contributed by atoms with E-state index >= 15 is 0 Å². The van der Waals surface area contributed by atoms with E-state index in [1.54, 1.807) is 11.8 Å². The van der Waals surface area contributed by atoms with Gasteiger partial charge in [0.15, 0.2) is 0 Å². The molecule has 22 heavy (non-hydrogen) atoms. The highest BCUT2D eigenvalue weighted by Gasteiger charge is 2.25. The summed E-state index contributed by atoms with van der Waals surface area (Å²) in [6.45, 7) is 4.03. The minimum absolute atomic E-state index is 0.398. The van der Waals surface area contributed by atoms with E-state index in [0.717, 1.165) is 23.4 Å². The lowest BCUT2D eigenvalue weighted by Crippen LogP contribution is -2.45. The SMILES string of the molecule is CC(c1ccccc1)N1CSC(=S)N(Cc2ccccc2)C1. The molecule has 1 fully saturated rings. The predicted octanol–water partition coefficient (Wildman–Crippen LogP) is 4.50. The smallest absolute Gasteiger partial charge is 0.138 e. The molecule has 2 aromatic rings. The van der Waals surface area contributed by atoms with Crippen molar-refractivity contribution in [3.63, 3.8) is 0 Å². The van der Waals surface area contributed by atoms with Crippen molar-refractivity contribution in [3.05, 3.63) is 71.8 Å². The highest BCUT2D eigenvalue weighted by molar-refractivity contribution is 8.22. The van der Waals surface area contributed by atoms with Gasteiger partial charge in [-0.25, -0.2) is 0 Å². The van der Waals surface area contributed by atoms with Crippen molar-refractivity contribution in [2.75, 3.05) is 12.5 Å². The van der Waals surface area contributed by atoms with E-state index in [4.69, 9.17) is 12.2 Å². The van der Waals surface area contributed by atoms with Gasteiger partial charge >= 0.3 is 0 Å². The number of benzene rings is 2. The summed E-state index contributed by atoms with van der Waals surface area (Å²) in [5.74, 6) is 0.959. The van der Waals surface area contributed by atoms with Crippen LogP contribution >= 0.6 is 24.0 Å². The van der Waals surface area contributed by atoms with E-state index in [-0.39, 0.29) is 0 Å². The van der Waals surface area contributed by atoms with Crippen LogP contribution in [0.5, 0.6) is 0 Å². The van der Waals surface area contributed by atoms with E-state index in [2.05, 4.69) is 77.4 Å². The summed E-state index contributed by atoms with van der Waals surface area (Å²) in [6, 6.07) is 21.6. The van der Waals surface area contributed by atoms with Gasteiger partial charge in [0.1, 0.15) is 4.32 Å². The number of hydrogen-bond donors (Lipinski definition) is 0. The minimum Gasteiger partial charge on any atom is -0.340 e. The van der Waals surface area contributed by atoms with Gasteiger partial charge in [0.05, 0.1) is 12.5 Å². The van der Waals surface area contributed by atoms with Gasteiger partial charge in [0.25, 0.3) is 0 Å². The summed E-state index contributed by atoms with van der Waals surface area (Å²) in [5.41, 5.74) is 2.66. The monoisotopic (exact) mass is 328 g/mol. The number of hydrogen-bond acceptors (Lipinski definition) is 3. The van der Waals surface area contributed by atoms with Crippen LogP contribution in [0.3, 0.4) is 0 Å². The molecule has 3 rings (SSSR count). The second-order valence-electron chi connectivity index (χ2n) is 5.54. The Balaban J connectivity index is 1.69. The molecule has 114 valence electrons. The first-order valence-corrected chi connectivity index (χ1v) is 8.88. The molecule has 0 aliphatic carbocycles. The molecule has 1 unspecified atom stereocenters. The van der Waals surface area contributed by atoms with Gasteiger partial charge in [0, 0.05) is 12.6 Å². The lowest BCUT2D eigenvalue weighted by atomic mass is 10.1. The first-order valence-electron chi connectivity index (χ1n) is 7.48. The van der Waals surface area contributed by atoms with Gasteiger partial charge in [0.2, 0.25) is 0 Å². The number of nitrogens with zero attached hydrogens (tertiary/aromatic N) is 2. The van der Waals surface area contributed by atoms with Crippen molar-refractivity contribution in [2.24, 2.45) is 0 Å². The van der Waals surface area contributed by atoms with Crippen molar-refractivity contribution in [1.29, 1.82) is 0 Å². The van der Waals surface area contributed by atoms with Crippen LogP contribution in [0.25, 0.3) is 0 Å². The summed E-state index contributed by atoms with van der Waals surface area (Å²) >= 11 is 7.30. The Hall–Kier alpha value is -1.36. The Morgan fingerprint density at radius 1 is 1.05 bits per heavy atom. The van der Waals surface area contributed by atoms with Crippen molar-refractivity contribution < 1.29 is 0 Å². The van der Waals surface area contributed by atoms with Crippen molar-refractivity contribution in [3.8, 4) is 0 Å². The Labute approximate surface area is 142 Å². The fraction of sp³-hybridized carbons (Fsp3) is 0.278. The van der Waals surface area contributed by atoms with Gasteiger partial charge in [-0.05, 0) is 18.1 Å². The van der Waals surface area contributed by atoms with E-state index in [1.807, 2.05) is 0 Å². The molecule has 0 aromatic heterocycles. The molecule has 4 heteroatoms. The first-order chi connectivity index (χ1) is 10.7. The third kappa shape index (κ3) is 3.69. The average Bonchev–Trinajstić information content (AvgIpc) is 2.58. The van der Waals surface area contributed by atoms with Crippen molar-refractivity contribution in [2.45, 2.75) is 19.5 Å². The predicted molar refractivity (Wildman–Crippen MR) is 98.6 cm³/mol. The maximum atomic E-state index is 5.54. The maximum absolute atomic E-state index is 5.54. The minimum atomic E-state index is 0.398. The molecule has 1 atom stereocenters. The van der Waals surface area contributed by atoms with Crippen LogP contribution < -0.4 is 0 Å². The molecule has 0 amide bonds. The molecule has 0 bridgehead atoms. The molecular weight excluding hydrogens is 308 g/mol. The van der Waals surface area contributed by atoms with Crippen LogP contribution in [0, 0.1) is 0 Å². The van der Waals surface area contributed by atoms with Gasteiger partial charge < -0.3 is 4.90 Å². The quantitative estimate of drug-likeness (QED) is 0.762. The molecule has 1 saturated heterocycles. The lowest BCUT2D eigenvalue weighted by molar-refractivity contribution is 0.163. The highest BCUT2D eigenvalue weighted by Crippen LogP contribution is 2.28. The van der Waals surface area contributed by atoms with Crippen LogP contribution in [0.15, 0.2) is 60.7 Å². The largest absolute Gasteiger partial charge is 0.340 e. The van der Waals surface area contributed by atoms with Gasteiger partial charge in [-0.2, -0.15) is 0 Å². The number of rotatable bonds is 4. The molecule has 0 spiro atoms. The van der Waals surface area contributed by atoms with Crippen molar-refractivity contribution in [1.82, 2.24) is 9.80 Å². The third-order valence-electron chi connectivity index (χ3n) is 4.01. The molecule has 1 aliphatic heterocycles. The fourth-order valence-corrected chi connectivity index (χ4v) is 3.81. The summed E-state index contributed by atoms with van der Waals surface area (Å²) < 4.78 is 1.00. The summed E-state index contributed by atoms with van der Waals surface area (Å²) in [5, 5.41) is 0. The lowest BCUT2D eigenvalue weighted by Gasteiger charge is -2.40. The van der Waals surface area contributed by atoms with Gasteiger partial charge in [-0.15, -0.1) is 0 Å². The molecule has 0 radical (unpaired) electrons. The summed E-state index contributed by atoms with van der Waals surface area (Å²) in [4.78, 5) is 4.76. The van der Waals surface area contributed by atoms with Gasteiger partial charge in [-0.3, -0.25) is 4.90 Å². The molecular formula is C18H20N2S2. The topological polar surface area (TPSA) is 6.48 Å². The molecule has 0 N–H and O–H groups in total. The Morgan fingerprint density at radius 3 is 2.36 bits per heavy atom. The molecule has 0 saturated carbocycles. The Bertz CT molecular complexity index is 615.